The molecule has 5 unspecified atom stereocenters. The summed E-state index contributed by atoms with van der Waals surface area (Å²) >= 11 is 0. The molecule has 5 atom stereocenters. The molecule has 0 aliphatic carbocycles. The van der Waals surface area contributed by atoms with Gasteiger partial charge in [-0.1, -0.05) is 66.7 Å². The SMILES string of the molecule is COc1ccc(CCN2C(=O)C3C(C(=O)NCc4ccc(OC)cc4)C4(C)C=CC3(O4)C2C(=O)NCc2ccccc2)cc1. The highest BCUT2D eigenvalue weighted by Gasteiger charge is 2.76. The molecule has 3 amide bonds. The van der Waals surface area contributed by atoms with Gasteiger partial charge in [0.05, 0.1) is 31.7 Å². The number of methoxy groups -OCH3 is 2. The minimum Gasteiger partial charge on any atom is -0.497 e. The van der Waals surface area contributed by atoms with Gasteiger partial charge in [-0.25, -0.2) is 0 Å². The third-order valence-corrected chi connectivity index (χ3v) is 9.06. The first-order valence-electron chi connectivity index (χ1n) is 14.8. The Labute approximate surface area is 257 Å². The number of ether oxygens (including phenoxy) is 3. The van der Waals surface area contributed by atoms with E-state index in [2.05, 4.69) is 10.6 Å². The quantitative estimate of drug-likeness (QED) is 0.329. The molecule has 2 N–H and O–H groups in total. The zero-order valence-corrected chi connectivity index (χ0v) is 25.1. The summed E-state index contributed by atoms with van der Waals surface area (Å²) in [6.45, 7) is 2.71. The molecule has 0 radical (unpaired) electrons. The molecular formula is C35H37N3O6. The predicted molar refractivity (Wildman–Crippen MR) is 164 cm³/mol. The van der Waals surface area contributed by atoms with E-state index in [0.29, 0.717) is 19.5 Å². The topological polar surface area (TPSA) is 106 Å². The largest absolute Gasteiger partial charge is 0.497 e. The van der Waals surface area contributed by atoms with E-state index >= 15 is 0 Å². The van der Waals surface area contributed by atoms with Gasteiger partial charge < -0.3 is 29.7 Å². The van der Waals surface area contributed by atoms with Crippen molar-refractivity contribution < 1.29 is 28.6 Å². The maximum absolute atomic E-state index is 14.3. The summed E-state index contributed by atoms with van der Waals surface area (Å²) in [6, 6.07) is 23.8. The number of carbonyl (C=O) groups excluding carboxylic acids is 3. The second-order valence-corrected chi connectivity index (χ2v) is 11.7. The summed E-state index contributed by atoms with van der Waals surface area (Å²) < 4.78 is 17.1. The zero-order valence-electron chi connectivity index (χ0n) is 25.1. The predicted octanol–water partition coefficient (Wildman–Crippen LogP) is 3.42. The summed E-state index contributed by atoms with van der Waals surface area (Å²) in [6.07, 6.45) is 4.21. The number of nitrogens with zero attached hydrogens (tertiary/aromatic N) is 1. The summed E-state index contributed by atoms with van der Waals surface area (Å²) in [5.74, 6) is -1.02. The van der Waals surface area contributed by atoms with Crippen LogP contribution in [0, 0.1) is 11.8 Å². The number of hydrogen-bond donors (Lipinski definition) is 2. The molecule has 2 fully saturated rings. The van der Waals surface area contributed by atoms with Crippen LogP contribution in [-0.4, -0.2) is 60.6 Å². The summed E-state index contributed by atoms with van der Waals surface area (Å²) in [4.78, 5) is 43.7. The first kappa shape index (κ1) is 29.4. The highest BCUT2D eigenvalue weighted by atomic mass is 16.5. The van der Waals surface area contributed by atoms with Gasteiger partial charge in [-0.3, -0.25) is 14.4 Å². The highest BCUT2D eigenvalue weighted by molar-refractivity contribution is 6.00. The van der Waals surface area contributed by atoms with Crippen LogP contribution in [-0.2, 0) is 38.6 Å². The average Bonchev–Trinajstić information content (AvgIpc) is 3.62. The fourth-order valence-corrected chi connectivity index (χ4v) is 6.84. The van der Waals surface area contributed by atoms with E-state index in [-0.39, 0.29) is 24.3 Å². The van der Waals surface area contributed by atoms with Crippen molar-refractivity contribution in [3.05, 3.63) is 108 Å². The van der Waals surface area contributed by atoms with Crippen LogP contribution < -0.4 is 20.1 Å². The van der Waals surface area contributed by atoms with Crippen LogP contribution in [0.4, 0.5) is 0 Å². The van der Waals surface area contributed by atoms with Crippen LogP contribution >= 0.6 is 0 Å². The Morgan fingerprint density at radius 1 is 0.795 bits per heavy atom. The average molecular weight is 596 g/mol. The molecular weight excluding hydrogens is 558 g/mol. The monoisotopic (exact) mass is 595 g/mol. The van der Waals surface area contributed by atoms with E-state index in [1.54, 1.807) is 19.1 Å². The summed E-state index contributed by atoms with van der Waals surface area (Å²) in [5.41, 5.74) is 0.562. The van der Waals surface area contributed by atoms with Crippen molar-refractivity contribution in [1.29, 1.82) is 0 Å². The van der Waals surface area contributed by atoms with Gasteiger partial charge in [-0.05, 0) is 54.3 Å². The second-order valence-electron chi connectivity index (χ2n) is 11.7. The van der Waals surface area contributed by atoms with Crippen molar-refractivity contribution in [3.8, 4) is 11.5 Å². The molecule has 0 saturated carbocycles. The van der Waals surface area contributed by atoms with E-state index < -0.39 is 29.1 Å². The Balaban J connectivity index is 1.26. The fraction of sp³-hybridized carbons (Fsp3) is 0.343. The lowest BCUT2D eigenvalue weighted by molar-refractivity contribution is -0.145. The van der Waals surface area contributed by atoms with E-state index in [4.69, 9.17) is 14.2 Å². The van der Waals surface area contributed by atoms with Crippen molar-refractivity contribution in [2.24, 2.45) is 11.8 Å². The number of hydrogen-bond acceptors (Lipinski definition) is 6. The Kier molecular flexibility index (Phi) is 7.90. The van der Waals surface area contributed by atoms with Crippen molar-refractivity contribution in [1.82, 2.24) is 15.5 Å². The van der Waals surface area contributed by atoms with Gasteiger partial charge in [0.25, 0.3) is 0 Å². The number of amides is 3. The standard InChI is InChI=1S/C35H37N3O6/c1-34-18-19-35(44-34)29(28(34)31(39)36-22-25-11-15-27(43-3)16-12-25)33(41)38(20-17-23-9-13-26(42-2)14-10-23)30(35)32(40)37-21-24-7-5-4-6-8-24/h4-16,18-19,28-30H,17,20-22H2,1-3H3,(H,36,39)(H,37,40). The maximum Gasteiger partial charge on any atom is 0.246 e. The van der Waals surface area contributed by atoms with E-state index in [0.717, 1.165) is 28.2 Å². The molecule has 3 heterocycles. The first-order valence-corrected chi connectivity index (χ1v) is 14.8. The molecule has 1 spiro atoms. The maximum atomic E-state index is 14.3. The molecule has 3 aliphatic rings. The number of nitrogens with one attached hydrogen (secondary N) is 2. The Bertz CT molecular complexity index is 1560. The van der Waals surface area contributed by atoms with Crippen LogP contribution in [0.25, 0.3) is 0 Å². The van der Waals surface area contributed by atoms with Crippen LogP contribution in [0.15, 0.2) is 91.0 Å². The lowest BCUT2D eigenvalue weighted by Gasteiger charge is -2.33. The molecule has 9 nitrogen and oxygen atoms in total. The Morgan fingerprint density at radius 3 is 1.98 bits per heavy atom. The second kappa shape index (κ2) is 11.8. The number of carbonyl (C=O) groups is 3. The van der Waals surface area contributed by atoms with Crippen LogP contribution in [0.2, 0.25) is 0 Å². The lowest BCUT2D eigenvalue weighted by atomic mass is 9.70. The number of likely N-dealkylation sites (tertiary alicyclic amines) is 1. The highest BCUT2D eigenvalue weighted by Crippen LogP contribution is 2.59. The zero-order chi connectivity index (χ0) is 30.9. The van der Waals surface area contributed by atoms with Gasteiger partial charge in [0.2, 0.25) is 17.7 Å². The molecule has 3 aromatic rings. The Morgan fingerprint density at radius 2 is 1.36 bits per heavy atom. The summed E-state index contributed by atoms with van der Waals surface area (Å²) in [7, 11) is 3.21. The molecule has 3 aromatic carbocycles. The molecule has 3 aliphatic heterocycles. The number of rotatable bonds is 11. The van der Waals surface area contributed by atoms with E-state index in [1.165, 1.54) is 0 Å². The van der Waals surface area contributed by atoms with Gasteiger partial charge in [-0.2, -0.15) is 0 Å². The lowest BCUT2D eigenvalue weighted by Crippen LogP contribution is -2.55. The Hall–Kier alpha value is -4.63. The minimum absolute atomic E-state index is 0.254. The molecule has 9 heteroatoms. The molecule has 0 aromatic heterocycles. The van der Waals surface area contributed by atoms with Crippen LogP contribution in [0.5, 0.6) is 11.5 Å². The van der Waals surface area contributed by atoms with Gasteiger partial charge in [0.15, 0.2) is 0 Å². The number of benzene rings is 3. The molecule has 2 bridgehead atoms. The smallest absolute Gasteiger partial charge is 0.246 e. The molecule has 44 heavy (non-hydrogen) atoms. The third kappa shape index (κ3) is 5.21. The van der Waals surface area contributed by atoms with E-state index in [1.807, 2.05) is 97.9 Å². The molecule has 2 saturated heterocycles. The first-order chi connectivity index (χ1) is 21.3. The fourth-order valence-electron chi connectivity index (χ4n) is 6.84. The normalized spacial score (nSPS) is 26.4. The molecule has 228 valence electrons. The van der Waals surface area contributed by atoms with Gasteiger partial charge in [0, 0.05) is 19.6 Å². The molecule has 6 rings (SSSR count). The van der Waals surface area contributed by atoms with Gasteiger partial charge >= 0.3 is 0 Å². The van der Waals surface area contributed by atoms with Crippen molar-refractivity contribution in [2.75, 3.05) is 20.8 Å². The van der Waals surface area contributed by atoms with E-state index in [9.17, 15) is 14.4 Å². The number of fused-ring (bicyclic) bond motifs is 1. The summed E-state index contributed by atoms with van der Waals surface area (Å²) in [5, 5.41) is 6.05. The van der Waals surface area contributed by atoms with Crippen LogP contribution in [0.1, 0.15) is 23.6 Å². The third-order valence-electron chi connectivity index (χ3n) is 9.06. The van der Waals surface area contributed by atoms with Crippen molar-refractivity contribution in [3.63, 3.8) is 0 Å². The van der Waals surface area contributed by atoms with Gasteiger partial charge in [0.1, 0.15) is 23.1 Å². The van der Waals surface area contributed by atoms with Crippen LogP contribution in [0.3, 0.4) is 0 Å². The van der Waals surface area contributed by atoms with Crippen molar-refractivity contribution in [2.45, 2.75) is 43.7 Å². The van der Waals surface area contributed by atoms with Crippen molar-refractivity contribution >= 4 is 17.7 Å². The van der Waals surface area contributed by atoms with Gasteiger partial charge in [-0.15, -0.1) is 0 Å². The minimum atomic E-state index is -1.26.